The van der Waals surface area contributed by atoms with Crippen LogP contribution in [0.25, 0.3) is 22.3 Å². The van der Waals surface area contributed by atoms with Crippen LogP contribution < -0.4 is 4.74 Å². The van der Waals surface area contributed by atoms with Gasteiger partial charge in [-0.2, -0.15) is 0 Å². The molecule has 0 bridgehead atoms. The van der Waals surface area contributed by atoms with Crippen LogP contribution in [0.15, 0.2) is 70.8 Å². The van der Waals surface area contributed by atoms with Crippen LogP contribution in [-0.4, -0.2) is 22.1 Å². The van der Waals surface area contributed by atoms with Gasteiger partial charge in [0.1, 0.15) is 22.7 Å². The summed E-state index contributed by atoms with van der Waals surface area (Å²) < 4.78 is 5.24. The second kappa shape index (κ2) is 7.32. The molecule has 2 heterocycles. The molecule has 0 aliphatic carbocycles. The molecule has 5 heteroatoms. The Balaban J connectivity index is 1.65. The molecule has 0 saturated carbocycles. The number of ether oxygens (including phenoxy) is 1. The van der Waals surface area contributed by atoms with Crippen molar-refractivity contribution in [1.82, 2.24) is 15.0 Å². The molecule has 0 radical (unpaired) electrons. The number of nitrogens with one attached hydrogen (secondary N) is 1. The molecule has 28 heavy (non-hydrogen) atoms. The van der Waals surface area contributed by atoms with E-state index in [1.165, 1.54) is 10.5 Å². The van der Waals surface area contributed by atoms with E-state index in [1.807, 2.05) is 24.3 Å². The molecular weight excluding hydrogens is 366 g/mol. The highest BCUT2D eigenvalue weighted by Crippen LogP contribution is 2.34. The molecule has 1 N–H and O–H groups in total. The number of rotatable bonds is 4. The third-order valence-electron chi connectivity index (χ3n) is 4.72. The Hall–Kier alpha value is -2.79. The van der Waals surface area contributed by atoms with Gasteiger partial charge in [-0.05, 0) is 59.0 Å². The molecule has 142 valence electrons. The van der Waals surface area contributed by atoms with Crippen molar-refractivity contribution in [3.8, 4) is 17.0 Å². The average Bonchev–Trinajstić information content (AvgIpc) is 3.13. The SMILES string of the molecule is COc1ccc(-c2cc3c(Sc4ccc(C(C)(C)C)cc4)ncnc3[nH]2)cc1. The van der Waals surface area contributed by atoms with Gasteiger partial charge < -0.3 is 9.72 Å². The molecule has 2 aromatic carbocycles. The van der Waals surface area contributed by atoms with E-state index in [0.29, 0.717) is 0 Å². The molecule has 4 nitrogen and oxygen atoms in total. The highest BCUT2D eigenvalue weighted by Gasteiger charge is 2.14. The van der Waals surface area contributed by atoms with E-state index in [2.05, 4.69) is 66.1 Å². The molecule has 0 aliphatic heterocycles. The van der Waals surface area contributed by atoms with E-state index in [1.54, 1.807) is 25.2 Å². The molecule has 0 saturated heterocycles. The fourth-order valence-electron chi connectivity index (χ4n) is 3.06. The van der Waals surface area contributed by atoms with Crippen LogP contribution >= 0.6 is 11.8 Å². The molecule has 2 aromatic heterocycles. The van der Waals surface area contributed by atoms with E-state index in [9.17, 15) is 0 Å². The second-order valence-electron chi connectivity index (χ2n) is 7.73. The van der Waals surface area contributed by atoms with E-state index >= 15 is 0 Å². The molecule has 0 spiro atoms. The second-order valence-corrected chi connectivity index (χ2v) is 8.79. The van der Waals surface area contributed by atoms with Crippen LogP contribution in [0.4, 0.5) is 0 Å². The predicted octanol–water partition coefficient (Wildman–Crippen LogP) is 6.08. The fraction of sp³-hybridized carbons (Fsp3) is 0.217. The van der Waals surface area contributed by atoms with E-state index in [4.69, 9.17) is 4.74 Å². The Labute approximate surface area is 169 Å². The van der Waals surface area contributed by atoms with Gasteiger partial charge in [-0.25, -0.2) is 9.97 Å². The van der Waals surface area contributed by atoms with Gasteiger partial charge in [0.25, 0.3) is 0 Å². The van der Waals surface area contributed by atoms with Gasteiger partial charge in [-0.15, -0.1) is 0 Å². The lowest BCUT2D eigenvalue weighted by molar-refractivity contribution is 0.415. The smallest absolute Gasteiger partial charge is 0.142 e. The normalized spacial score (nSPS) is 11.7. The van der Waals surface area contributed by atoms with Gasteiger partial charge in [0.15, 0.2) is 0 Å². The number of hydrogen-bond donors (Lipinski definition) is 1. The van der Waals surface area contributed by atoms with Gasteiger partial charge in [0, 0.05) is 10.6 Å². The van der Waals surface area contributed by atoms with Gasteiger partial charge in [-0.3, -0.25) is 0 Å². The zero-order valence-corrected chi connectivity index (χ0v) is 17.3. The van der Waals surface area contributed by atoms with Crippen molar-refractivity contribution < 1.29 is 4.74 Å². The van der Waals surface area contributed by atoms with Crippen molar-refractivity contribution in [1.29, 1.82) is 0 Å². The minimum absolute atomic E-state index is 0.152. The number of nitrogens with zero attached hydrogens (tertiary/aromatic N) is 2. The number of hydrogen-bond acceptors (Lipinski definition) is 4. The highest BCUT2D eigenvalue weighted by atomic mass is 32.2. The minimum Gasteiger partial charge on any atom is -0.497 e. The lowest BCUT2D eigenvalue weighted by atomic mass is 9.87. The van der Waals surface area contributed by atoms with Crippen molar-refractivity contribution in [2.45, 2.75) is 36.1 Å². The summed E-state index contributed by atoms with van der Waals surface area (Å²) in [6.45, 7) is 6.68. The maximum atomic E-state index is 5.24. The summed E-state index contributed by atoms with van der Waals surface area (Å²) in [7, 11) is 1.67. The average molecular weight is 390 g/mol. The quantitative estimate of drug-likeness (QED) is 0.430. The van der Waals surface area contributed by atoms with E-state index < -0.39 is 0 Å². The van der Waals surface area contributed by atoms with Crippen LogP contribution in [0.2, 0.25) is 0 Å². The molecule has 0 fully saturated rings. The van der Waals surface area contributed by atoms with Crippen LogP contribution in [0.1, 0.15) is 26.3 Å². The first-order valence-corrected chi connectivity index (χ1v) is 10.0. The summed E-state index contributed by atoms with van der Waals surface area (Å²) in [4.78, 5) is 13.5. The van der Waals surface area contributed by atoms with Crippen molar-refractivity contribution in [3.05, 3.63) is 66.5 Å². The first-order chi connectivity index (χ1) is 13.4. The summed E-state index contributed by atoms with van der Waals surface area (Å²) >= 11 is 1.66. The van der Waals surface area contributed by atoms with E-state index in [-0.39, 0.29) is 5.41 Å². The summed E-state index contributed by atoms with van der Waals surface area (Å²) in [5.41, 5.74) is 4.43. The molecule has 0 unspecified atom stereocenters. The number of fused-ring (bicyclic) bond motifs is 1. The van der Waals surface area contributed by atoms with Crippen LogP contribution in [0, 0.1) is 0 Å². The zero-order chi connectivity index (χ0) is 19.7. The van der Waals surface area contributed by atoms with Crippen molar-refractivity contribution >= 4 is 22.8 Å². The first-order valence-electron chi connectivity index (χ1n) is 9.20. The largest absolute Gasteiger partial charge is 0.497 e. The summed E-state index contributed by atoms with van der Waals surface area (Å²) in [5.74, 6) is 0.842. The molecular formula is C23H23N3OS. The van der Waals surface area contributed by atoms with Crippen molar-refractivity contribution in [2.75, 3.05) is 7.11 Å². The Kier molecular flexibility index (Phi) is 4.85. The number of aromatic nitrogens is 3. The van der Waals surface area contributed by atoms with Crippen LogP contribution in [-0.2, 0) is 5.41 Å². The van der Waals surface area contributed by atoms with E-state index in [0.717, 1.165) is 33.1 Å². The fourth-order valence-corrected chi connectivity index (χ4v) is 3.92. The van der Waals surface area contributed by atoms with Crippen molar-refractivity contribution in [2.24, 2.45) is 0 Å². The van der Waals surface area contributed by atoms with Crippen LogP contribution in [0.3, 0.4) is 0 Å². The summed E-state index contributed by atoms with van der Waals surface area (Å²) in [5, 5.41) is 1.97. The number of benzene rings is 2. The summed E-state index contributed by atoms with van der Waals surface area (Å²) in [6, 6.07) is 18.8. The lowest BCUT2D eigenvalue weighted by Crippen LogP contribution is -2.10. The predicted molar refractivity (Wildman–Crippen MR) is 115 cm³/mol. The first kappa shape index (κ1) is 18.6. The molecule has 0 amide bonds. The van der Waals surface area contributed by atoms with Crippen LogP contribution in [0.5, 0.6) is 5.75 Å². The third kappa shape index (κ3) is 3.76. The molecule has 4 aromatic rings. The van der Waals surface area contributed by atoms with Gasteiger partial charge >= 0.3 is 0 Å². The van der Waals surface area contributed by atoms with Gasteiger partial charge in [0.2, 0.25) is 0 Å². The number of methoxy groups -OCH3 is 1. The Morgan fingerprint density at radius 1 is 0.929 bits per heavy atom. The standard InChI is InChI=1S/C23H23N3OS/c1-23(2,3)16-7-11-18(12-8-16)28-22-19-13-20(26-21(19)24-14-25-22)15-5-9-17(27-4)10-6-15/h5-14H,1-4H3,(H,24,25,26). The topological polar surface area (TPSA) is 50.8 Å². The Bertz CT molecular complexity index is 1090. The molecule has 4 rings (SSSR count). The lowest BCUT2D eigenvalue weighted by Gasteiger charge is -2.19. The zero-order valence-electron chi connectivity index (χ0n) is 16.5. The Morgan fingerprint density at radius 3 is 2.29 bits per heavy atom. The Morgan fingerprint density at radius 2 is 1.64 bits per heavy atom. The maximum absolute atomic E-state index is 5.24. The molecule has 0 atom stereocenters. The number of aromatic amines is 1. The minimum atomic E-state index is 0.152. The number of H-pyrrole nitrogens is 1. The third-order valence-corrected chi connectivity index (χ3v) is 5.75. The highest BCUT2D eigenvalue weighted by molar-refractivity contribution is 7.99. The molecule has 0 aliphatic rings. The monoisotopic (exact) mass is 389 g/mol. The van der Waals surface area contributed by atoms with Gasteiger partial charge in [0.05, 0.1) is 12.5 Å². The van der Waals surface area contributed by atoms with Gasteiger partial charge in [-0.1, -0.05) is 44.7 Å². The maximum Gasteiger partial charge on any atom is 0.142 e. The summed E-state index contributed by atoms with van der Waals surface area (Å²) in [6.07, 6.45) is 1.61. The van der Waals surface area contributed by atoms with Crippen molar-refractivity contribution in [3.63, 3.8) is 0 Å².